The largest absolute Gasteiger partial charge is 0.391 e. The van der Waals surface area contributed by atoms with Crippen molar-refractivity contribution in [2.24, 2.45) is 11.1 Å². The molecule has 4 aromatic rings. The van der Waals surface area contributed by atoms with E-state index in [-0.39, 0.29) is 92.2 Å². The van der Waals surface area contributed by atoms with Crippen molar-refractivity contribution in [3.8, 4) is 10.4 Å². The Balaban J connectivity index is 0.898. The number of rotatable bonds is 20. The van der Waals surface area contributed by atoms with Crippen molar-refractivity contribution in [1.29, 1.82) is 0 Å². The van der Waals surface area contributed by atoms with Crippen molar-refractivity contribution in [1.82, 2.24) is 40.1 Å². The second-order valence-corrected chi connectivity index (χ2v) is 22.4. The lowest BCUT2D eigenvalue weighted by Gasteiger charge is -2.35. The third kappa shape index (κ3) is 14.0. The fourth-order valence-electron chi connectivity index (χ4n) is 8.35. The minimum Gasteiger partial charge on any atom is -0.391 e. The van der Waals surface area contributed by atoms with Crippen LogP contribution in [0.2, 0.25) is 0 Å². The Bertz CT molecular complexity index is 2640. The number of benzene rings is 2. The van der Waals surface area contributed by atoms with Gasteiger partial charge in [-0.1, -0.05) is 51.1 Å². The van der Waals surface area contributed by atoms with E-state index in [0.29, 0.717) is 30.2 Å². The quantitative estimate of drug-likeness (QED) is 0.0581. The number of carbonyl (C=O) groups excluding carboxylic acids is 5. The third-order valence-electron chi connectivity index (χ3n) is 12.2. The number of primary amides is 1. The minimum atomic E-state index is -3.69. The number of nitrogens with one attached hydrogen (secondary N) is 5. The highest BCUT2D eigenvalue weighted by atomic mass is 79.9. The summed E-state index contributed by atoms with van der Waals surface area (Å²) in [4.78, 5) is 80.9. The molecule has 5 amide bonds. The summed E-state index contributed by atoms with van der Waals surface area (Å²) in [7, 11) is -3.69. The van der Waals surface area contributed by atoms with E-state index in [2.05, 4.69) is 57.5 Å². The van der Waals surface area contributed by atoms with Gasteiger partial charge < -0.3 is 42.3 Å². The highest BCUT2D eigenvalue weighted by Gasteiger charge is 2.44. The maximum Gasteiger partial charge on any atom is 0.253 e. The van der Waals surface area contributed by atoms with Crippen molar-refractivity contribution in [3.63, 3.8) is 0 Å². The molecule has 2 aliphatic heterocycles. The van der Waals surface area contributed by atoms with Crippen LogP contribution in [-0.2, 0) is 29.2 Å². The van der Waals surface area contributed by atoms with Crippen molar-refractivity contribution >= 4 is 84.3 Å². The maximum atomic E-state index is 14.3. The highest BCUT2D eigenvalue weighted by molar-refractivity contribution is 9.10. The highest BCUT2D eigenvalue weighted by Crippen LogP contribution is 2.31. The number of nitrogens with zero attached hydrogens (tertiary/aromatic N) is 5. The lowest BCUT2D eigenvalue weighted by Crippen LogP contribution is -2.57. The monoisotopic (exact) mass is 1070 g/mol. The van der Waals surface area contributed by atoms with Crippen LogP contribution in [0.25, 0.3) is 10.4 Å². The topological polar surface area (TPSA) is 271 Å². The normalized spacial score (nSPS) is 17.6. The first kappa shape index (κ1) is 53.7. The fraction of sp³-hybridized carbons (Fsp3) is 0.489. The average molecular weight is 1070 g/mol. The molecule has 70 heavy (non-hydrogen) atoms. The number of aliphatic hydroxyl groups excluding tert-OH is 1. The summed E-state index contributed by atoms with van der Waals surface area (Å²) in [6.45, 7) is 9.52. The molecule has 0 bridgehead atoms. The van der Waals surface area contributed by atoms with Crippen molar-refractivity contribution < 1.29 is 41.9 Å². The van der Waals surface area contributed by atoms with Crippen LogP contribution in [0.5, 0.6) is 0 Å². The average Bonchev–Trinajstić information content (AvgIpc) is 3.92. The van der Waals surface area contributed by atoms with E-state index in [1.165, 1.54) is 27.5 Å². The van der Waals surface area contributed by atoms with Gasteiger partial charge in [0.05, 0.1) is 49.7 Å². The first-order valence-electron chi connectivity index (χ1n) is 23.1. The molecule has 4 heterocycles. The van der Waals surface area contributed by atoms with Crippen LogP contribution in [0.15, 0.2) is 58.6 Å². The predicted octanol–water partition coefficient (Wildman–Crippen LogP) is 4.91. The molecular weight excluding hydrogens is 1010 g/mol. The molecule has 23 heteroatoms. The summed E-state index contributed by atoms with van der Waals surface area (Å²) < 4.78 is 42.5. The van der Waals surface area contributed by atoms with Crippen LogP contribution in [0, 0.1) is 18.2 Å². The van der Waals surface area contributed by atoms with Crippen molar-refractivity contribution in [2.45, 2.75) is 110 Å². The Morgan fingerprint density at radius 2 is 1.69 bits per heavy atom. The summed E-state index contributed by atoms with van der Waals surface area (Å²) in [5.41, 5.74) is 9.07. The summed E-state index contributed by atoms with van der Waals surface area (Å²) in [5, 5.41) is 25.2. The third-order valence-corrected chi connectivity index (χ3v) is 15.7. The molecule has 378 valence electrons. The number of aliphatic hydroxyl groups is 1. The summed E-state index contributed by atoms with van der Waals surface area (Å²) in [6, 6.07) is 9.39. The van der Waals surface area contributed by atoms with E-state index in [9.17, 15) is 41.9 Å². The van der Waals surface area contributed by atoms with Gasteiger partial charge in [0, 0.05) is 57.7 Å². The van der Waals surface area contributed by atoms with E-state index < -0.39 is 63.1 Å². The molecule has 2 aromatic heterocycles. The number of thiazole rings is 1. The predicted molar refractivity (Wildman–Crippen MR) is 268 cm³/mol. The number of piperidine rings is 1. The number of amides is 5. The summed E-state index contributed by atoms with van der Waals surface area (Å²) >= 11 is 4.91. The number of anilines is 3. The number of sulfonamides is 1. The lowest BCUT2D eigenvalue weighted by molar-refractivity contribution is -0.144. The number of unbranched alkanes of at least 4 members (excludes halogenated alkanes) is 1. The molecule has 0 unspecified atom stereocenters. The van der Waals surface area contributed by atoms with Gasteiger partial charge in [-0.2, -0.15) is 4.98 Å². The van der Waals surface area contributed by atoms with Gasteiger partial charge in [0.15, 0.2) is 0 Å². The Kier molecular flexibility index (Phi) is 18.1. The number of aromatic nitrogens is 3. The fourth-order valence-corrected chi connectivity index (χ4v) is 10.8. The molecular formula is C47H61BrFN11O8S2. The van der Waals surface area contributed by atoms with Crippen LogP contribution < -0.4 is 32.3 Å². The smallest absolute Gasteiger partial charge is 0.253 e. The minimum absolute atomic E-state index is 0.0243. The number of likely N-dealkylation sites (tertiary alicyclic amines) is 1. The standard InChI is InChI=1S/C47H61BrFN11O8S2/c1-27(29-13-15-30(16-14-29)40-28(2)53-26-69-40)54-44(65)36-23-32(61)25-60(36)45(66)41(47(3,4)5)57-38(63)12-7-6-11-37(62)51-19-22-70(67,68)59-20-17-31(18-21-59)55-46-52-24-33(48)43(58-46)56-35-10-8-9-34(49)39(35)42(50)64/h8-10,13-16,24,26-27,31-32,36,41,61H,6-7,11-12,17-23,25H2,1-5H3,(H2,50,64)(H,51,62)(H,54,65)(H,57,63)(H2,52,55,56,58)/t27-,32+,36-,41+/m0/s1. The maximum absolute atomic E-state index is 14.3. The molecule has 4 atom stereocenters. The summed E-state index contributed by atoms with van der Waals surface area (Å²) in [6.07, 6.45) is 2.27. The molecule has 8 N–H and O–H groups in total. The first-order chi connectivity index (χ1) is 33.1. The van der Waals surface area contributed by atoms with Gasteiger partial charge in [0.25, 0.3) is 5.91 Å². The van der Waals surface area contributed by atoms with Gasteiger partial charge in [-0.15, -0.1) is 11.3 Å². The zero-order valence-electron chi connectivity index (χ0n) is 39.8. The lowest BCUT2D eigenvalue weighted by atomic mass is 9.85. The van der Waals surface area contributed by atoms with Crippen molar-refractivity contribution in [2.75, 3.05) is 42.6 Å². The van der Waals surface area contributed by atoms with Crippen LogP contribution in [0.3, 0.4) is 0 Å². The first-order valence-corrected chi connectivity index (χ1v) is 26.4. The number of aryl methyl sites for hydroxylation is 1. The molecule has 19 nitrogen and oxygen atoms in total. The van der Waals surface area contributed by atoms with Crippen molar-refractivity contribution in [3.05, 3.63) is 81.3 Å². The molecule has 0 aliphatic carbocycles. The molecule has 0 spiro atoms. The van der Waals surface area contributed by atoms with Crippen LogP contribution in [0.4, 0.5) is 21.8 Å². The van der Waals surface area contributed by atoms with Gasteiger partial charge in [0.2, 0.25) is 39.6 Å². The summed E-state index contributed by atoms with van der Waals surface area (Å²) in [5.74, 6) is -3.18. The zero-order chi connectivity index (χ0) is 50.9. The molecule has 0 saturated carbocycles. The van der Waals surface area contributed by atoms with Crippen LogP contribution >= 0.6 is 27.3 Å². The molecule has 2 saturated heterocycles. The van der Waals surface area contributed by atoms with E-state index in [4.69, 9.17) is 5.73 Å². The second kappa shape index (κ2) is 23.5. The SMILES string of the molecule is Cc1ncsc1-c1ccc([C@H](C)NC(=O)[C@@H]2C[C@@H](O)CN2C(=O)[C@@H](NC(=O)CCCCC(=O)NCCS(=O)(=O)N2CCC(Nc3ncc(Br)c(Nc4cccc(F)c4C(N)=O)n3)CC2)C(C)(C)C)cc1. The number of halogens is 2. The van der Waals surface area contributed by atoms with E-state index in [1.807, 2.05) is 38.1 Å². The van der Waals surface area contributed by atoms with Gasteiger partial charge in [-0.3, -0.25) is 24.0 Å². The van der Waals surface area contributed by atoms with Gasteiger partial charge in [0.1, 0.15) is 23.7 Å². The van der Waals surface area contributed by atoms with Crippen LogP contribution in [-0.4, -0.2) is 123 Å². The van der Waals surface area contributed by atoms with E-state index in [0.717, 1.165) is 27.8 Å². The van der Waals surface area contributed by atoms with Gasteiger partial charge in [-0.25, -0.2) is 27.1 Å². The van der Waals surface area contributed by atoms with E-state index in [1.54, 1.807) is 37.6 Å². The number of hydrogen-bond donors (Lipinski definition) is 7. The molecule has 2 aliphatic rings. The van der Waals surface area contributed by atoms with E-state index >= 15 is 0 Å². The Hall–Kier alpha value is -5.62. The Morgan fingerprint density at radius 1 is 1.00 bits per heavy atom. The Labute approximate surface area is 419 Å². The van der Waals surface area contributed by atoms with Gasteiger partial charge >= 0.3 is 0 Å². The number of β-amino-alcohol motifs (C(OH)–C–C–N with tert-alkyl or cyclic N) is 1. The number of hydrogen-bond acceptors (Lipinski definition) is 14. The van der Waals surface area contributed by atoms with Crippen LogP contribution in [0.1, 0.15) is 100 Å². The molecule has 2 aromatic carbocycles. The Morgan fingerprint density at radius 3 is 2.33 bits per heavy atom. The zero-order valence-corrected chi connectivity index (χ0v) is 43.0. The second-order valence-electron chi connectivity index (χ2n) is 18.6. The molecule has 2 fully saturated rings. The number of nitrogens with two attached hydrogens (primary N) is 1. The molecule has 6 rings (SSSR count). The van der Waals surface area contributed by atoms with Gasteiger partial charge in [-0.05, 0) is 84.1 Å². The number of carbonyl (C=O) groups is 5. The molecule has 0 radical (unpaired) electrons.